The lowest BCUT2D eigenvalue weighted by Gasteiger charge is -2.07. The number of benzene rings is 1. The van der Waals surface area contributed by atoms with E-state index in [4.69, 9.17) is 11.6 Å². The standard InChI is InChI=1S/C10H11BrClNO/c11-13-3-1-7-5-9(12)10(14)6-8(7)2-4-13/h5-6,14H,1-4H2. The van der Waals surface area contributed by atoms with Gasteiger partial charge in [0.1, 0.15) is 5.75 Å². The van der Waals surface area contributed by atoms with Crippen molar-refractivity contribution >= 4 is 27.7 Å². The minimum absolute atomic E-state index is 0.188. The highest BCUT2D eigenvalue weighted by Crippen LogP contribution is 2.29. The van der Waals surface area contributed by atoms with Gasteiger partial charge in [0, 0.05) is 29.2 Å². The van der Waals surface area contributed by atoms with E-state index in [1.165, 1.54) is 11.1 Å². The summed E-state index contributed by atoms with van der Waals surface area (Å²) in [7, 11) is 0. The molecule has 0 bridgehead atoms. The fourth-order valence-electron chi connectivity index (χ4n) is 1.71. The Kier molecular flexibility index (Phi) is 3.00. The van der Waals surface area contributed by atoms with Crippen LogP contribution in [0, 0.1) is 0 Å². The van der Waals surface area contributed by atoms with Crippen molar-refractivity contribution in [3.8, 4) is 5.75 Å². The van der Waals surface area contributed by atoms with Crippen LogP contribution in [0.5, 0.6) is 5.75 Å². The molecular weight excluding hydrogens is 265 g/mol. The molecule has 0 atom stereocenters. The van der Waals surface area contributed by atoms with Gasteiger partial charge in [0.15, 0.2) is 0 Å². The fraction of sp³-hybridized carbons (Fsp3) is 0.400. The minimum atomic E-state index is 0.188. The predicted octanol–water partition coefficient (Wildman–Crippen LogP) is 2.76. The second-order valence-electron chi connectivity index (χ2n) is 3.48. The zero-order chi connectivity index (χ0) is 10.1. The topological polar surface area (TPSA) is 23.5 Å². The summed E-state index contributed by atoms with van der Waals surface area (Å²) in [6.45, 7) is 1.95. The molecule has 0 radical (unpaired) electrons. The summed E-state index contributed by atoms with van der Waals surface area (Å²) in [4.78, 5) is 0. The van der Waals surface area contributed by atoms with Gasteiger partial charge in [-0.05, 0) is 36.1 Å². The van der Waals surface area contributed by atoms with Crippen molar-refractivity contribution < 1.29 is 5.11 Å². The minimum Gasteiger partial charge on any atom is -0.506 e. The van der Waals surface area contributed by atoms with Crippen LogP contribution in [0.3, 0.4) is 0 Å². The first-order valence-corrected chi connectivity index (χ1v) is 5.66. The van der Waals surface area contributed by atoms with Gasteiger partial charge >= 0.3 is 0 Å². The molecule has 2 rings (SSSR count). The Labute approximate surface area is 96.8 Å². The van der Waals surface area contributed by atoms with Gasteiger partial charge in [0.05, 0.1) is 5.02 Å². The molecule has 0 aliphatic carbocycles. The van der Waals surface area contributed by atoms with E-state index in [-0.39, 0.29) is 5.75 Å². The molecule has 1 aliphatic rings. The van der Waals surface area contributed by atoms with Gasteiger partial charge in [0.2, 0.25) is 0 Å². The molecule has 0 unspecified atom stereocenters. The monoisotopic (exact) mass is 275 g/mol. The number of nitrogens with zero attached hydrogens (tertiary/aromatic N) is 1. The summed E-state index contributed by atoms with van der Waals surface area (Å²) in [5, 5.41) is 9.93. The highest BCUT2D eigenvalue weighted by molar-refractivity contribution is 9.07. The SMILES string of the molecule is Oc1cc2c(cc1Cl)CCN(Br)CC2. The lowest BCUT2D eigenvalue weighted by atomic mass is 10.0. The zero-order valence-electron chi connectivity index (χ0n) is 7.63. The maximum Gasteiger partial charge on any atom is 0.134 e. The number of fused-ring (bicyclic) bond motifs is 1. The molecule has 1 heterocycles. The van der Waals surface area contributed by atoms with Crippen LogP contribution in [0.25, 0.3) is 0 Å². The van der Waals surface area contributed by atoms with Crippen LogP contribution in [0.15, 0.2) is 12.1 Å². The molecule has 0 spiro atoms. The molecule has 0 saturated heterocycles. The third-order valence-corrected chi connectivity index (χ3v) is 3.53. The molecule has 4 heteroatoms. The van der Waals surface area contributed by atoms with Gasteiger partial charge in [-0.1, -0.05) is 11.6 Å². The normalized spacial score (nSPS) is 17.6. The summed E-state index contributed by atoms with van der Waals surface area (Å²) in [6, 6.07) is 3.65. The van der Waals surface area contributed by atoms with Gasteiger partial charge in [0.25, 0.3) is 0 Å². The average Bonchev–Trinajstić information content (AvgIpc) is 2.31. The van der Waals surface area contributed by atoms with Gasteiger partial charge in [-0.2, -0.15) is 0 Å². The van der Waals surface area contributed by atoms with Crippen LogP contribution in [-0.4, -0.2) is 22.1 Å². The van der Waals surface area contributed by atoms with E-state index in [0.717, 1.165) is 25.9 Å². The van der Waals surface area contributed by atoms with Crippen LogP contribution in [0.4, 0.5) is 0 Å². The molecule has 14 heavy (non-hydrogen) atoms. The highest BCUT2D eigenvalue weighted by atomic mass is 79.9. The Morgan fingerprint density at radius 2 is 1.79 bits per heavy atom. The second kappa shape index (κ2) is 4.09. The van der Waals surface area contributed by atoms with Crippen molar-refractivity contribution in [3.63, 3.8) is 0 Å². The van der Waals surface area contributed by atoms with Gasteiger partial charge in [-0.25, -0.2) is 3.93 Å². The van der Waals surface area contributed by atoms with Crippen LogP contribution in [0.1, 0.15) is 11.1 Å². The van der Waals surface area contributed by atoms with Crippen molar-refractivity contribution in [2.24, 2.45) is 0 Å². The molecule has 76 valence electrons. The van der Waals surface area contributed by atoms with Gasteiger partial charge < -0.3 is 5.11 Å². The van der Waals surface area contributed by atoms with E-state index < -0.39 is 0 Å². The van der Waals surface area contributed by atoms with Crippen LogP contribution < -0.4 is 0 Å². The van der Waals surface area contributed by atoms with Crippen molar-refractivity contribution in [2.45, 2.75) is 12.8 Å². The summed E-state index contributed by atoms with van der Waals surface area (Å²) < 4.78 is 2.11. The Morgan fingerprint density at radius 3 is 2.43 bits per heavy atom. The van der Waals surface area contributed by atoms with Gasteiger partial charge in [-0.3, -0.25) is 0 Å². The molecule has 0 fully saturated rings. The molecule has 0 saturated carbocycles. The van der Waals surface area contributed by atoms with Crippen molar-refractivity contribution in [3.05, 3.63) is 28.3 Å². The lowest BCUT2D eigenvalue weighted by Crippen LogP contribution is -2.13. The zero-order valence-corrected chi connectivity index (χ0v) is 9.98. The van der Waals surface area contributed by atoms with E-state index >= 15 is 0 Å². The van der Waals surface area contributed by atoms with Crippen LogP contribution >= 0.6 is 27.7 Å². The first-order valence-electron chi connectivity index (χ1n) is 4.58. The second-order valence-corrected chi connectivity index (χ2v) is 4.89. The van der Waals surface area contributed by atoms with Crippen LogP contribution in [-0.2, 0) is 12.8 Å². The molecule has 1 aromatic carbocycles. The number of rotatable bonds is 0. The van der Waals surface area contributed by atoms with E-state index in [0.29, 0.717) is 5.02 Å². The largest absolute Gasteiger partial charge is 0.506 e. The smallest absolute Gasteiger partial charge is 0.134 e. The molecule has 1 aromatic rings. The number of halogens is 2. The number of phenolic OH excluding ortho intramolecular Hbond substituents is 1. The molecule has 1 aliphatic heterocycles. The van der Waals surface area contributed by atoms with Crippen LogP contribution in [0.2, 0.25) is 5.02 Å². The molecule has 0 aromatic heterocycles. The summed E-state index contributed by atoms with van der Waals surface area (Å²) in [6.07, 6.45) is 1.92. The van der Waals surface area contributed by atoms with Crippen molar-refractivity contribution in [1.29, 1.82) is 0 Å². The van der Waals surface area contributed by atoms with Crippen molar-refractivity contribution in [2.75, 3.05) is 13.1 Å². The third-order valence-electron chi connectivity index (χ3n) is 2.52. The highest BCUT2D eigenvalue weighted by Gasteiger charge is 2.14. The quantitative estimate of drug-likeness (QED) is 0.737. The van der Waals surface area contributed by atoms with E-state index in [9.17, 15) is 5.11 Å². The Hall–Kier alpha value is -0.250. The molecular formula is C10H11BrClNO. The Morgan fingerprint density at radius 1 is 1.21 bits per heavy atom. The summed E-state index contributed by atoms with van der Waals surface area (Å²) >= 11 is 9.33. The van der Waals surface area contributed by atoms with E-state index in [1.54, 1.807) is 6.07 Å². The fourth-order valence-corrected chi connectivity index (χ4v) is 2.25. The number of phenols is 1. The van der Waals surface area contributed by atoms with Gasteiger partial charge in [-0.15, -0.1) is 0 Å². The first-order chi connectivity index (χ1) is 6.66. The molecule has 2 nitrogen and oxygen atoms in total. The number of aromatic hydroxyl groups is 1. The Bertz CT molecular complexity index is 323. The molecule has 1 N–H and O–H groups in total. The summed E-state index contributed by atoms with van der Waals surface area (Å²) in [5.41, 5.74) is 2.45. The Balaban J connectivity index is 2.36. The molecule has 0 amide bonds. The predicted molar refractivity (Wildman–Crippen MR) is 61.0 cm³/mol. The van der Waals surface area contributed by atoms with E-state index in [2.05, 4.69) is 20.1 Å². The average molecular weight is 277 g/mol. The maximum absolute atomic E-state index is 9.48. The van der Waals surface area contributed by atoms with Crippen molar-refractivity contribution in [1.82, 2.24) is 3.93 Å². The number of hydrogen-bond donors (Lipinski definition) is 1. The first kappa shape index (κ1) is 10.3. The lowest BCUT2D eigenvalue weighted by molar-refractivity contribution is 0.474. The number of hydrogen-bond acceptors (Lipinski definition) is 2. The summed E-state index contributed by atoms with van der Waals surface area (Å²) in [5.74, 6) is 0.188. The third kappa shape index (κ3) is 2.05. The maximum atomic E-state index is 9.48. The van der Waals surface area contributed by atoms with E-state index in [1.807, 2.05) is 6.07 Å².